The molecule has 0 aliphatic heterocycles. The van der Waals surface area contributed by atoms with Crippen molar-refractivity contribution in [3.63, 3.8) is 0 Å². The van der Waals surface area contributed by atoms with Crippen LogP contribution in [0.25, 0.3) is 5.69 Å². The van der Waals surface area contributed by atoms with Crippen molar-refractivity contribution in [1.82, 2.24) is 14.5 Å². The molecule has 102 valence electrons. The monoisotopic (exact) mass is 260 g/mol. The zero-order valence-electron chi connectivity index (χ0n) is 11.7. The Kier molecular flexibility index (Phi) is 4.52. The molecule has 0 spiro atoms. The summed E-state index contributed by atoms with van der Waals surface area (Å²) in [5.74, 6) is 0.848. The van der Waals surface area contributed by atoms with Crippen molar-refractivity contribution in [3.8, 4) is 5.69 Å². The first-order valence-electron chi connectivity index (χ1n) is 6.41. The highest BCUT2D eigenvalue weighted by Crippen LogP contribution is 2.16. The molecule has 0 unspecified atom stereocenters. The van der Waals surface area contributed by atoms with Gasteiger partial charge in [0.15, 0.2) is 0 Å². The molecule has 0 atom stereocenters. The molecular formula is C14H20N4O. The van der Waals surface area contributed by atoms with E-state index in [0.717, 1.165) is 42.5 Å². The topological polar surface area (TPSA) is 52.0 Å². The standard InChI is InChI=1S/C14H20N4O/c1-11-7-13(9-15-8-11)18-10-12(2)17-14(18)16-5-4-6-19-3/h7-10H,4-6H2,1-3H3,(H,16,17). The molecular weight excluding hydrogens is 240 g/mol. The van der Waals surface area contributed by atoms with Crippen LogP contribution in [0, 0.1) is 13.8 Å². The minimum Gasteiger partial charge on any atom is -0.385 e. The van der Waals surface area contributed by atoms with Crippen molar-refractivity contribution in [2.45, 2.75) is 20.3 Å². The molecule has 5 heteroatoms. The predicted molar refractivity (Wildman–Crippen MR) is 75.8 cm³/mol. The third-order valence-corrected chi connectivity index (χ3v) is 2.77. The molecule has 0 amide bonds. The average Bonchev–Trinajstić information content (AvgIpc) is 2.76. The van der Waals surface area contributed by atoms with Crippen LogP contribution >= 0.6 is 0 Å². The number of nitrogens with one attached hydrogen (secondary N) is 1. The third-order valence-electron chi connectivity index (χ3n) is 2.77. The molecule has 2 aromatic heterocycles. The van der Waals surface area contributed by atoms with Gasteiger partial charge in [0.2, 0.25) is 5.95 Å². The first-order chi connectivity index (χ1) is 9.20. The van der Waals surface area contributed by atoms with Gasteiger partial charge >= 0.3 is 0 Å². The van der Waals surface area contributed by atoms with Crippen LogP contribution in [-0.4, -0.2) is 34.8 Å². The molecule has 0 aliphatic rings. The Hall–Kier alpha value is -1.88. The number of hydrogen-bond acceptors (Lipinski definition) is 4. The van der Waals surface area contributed by atoms with Crippen LogP contribution in [0.5, 0.6) is 0 Å². The number of aromatic nitrogens is 3. The van der Waals surface area contributed by atoms with Gasteiger partial charge in [0, 0.05) is 32.7 Å². The number of hydrogen-bond donors (Lipinski definition) is 1. The summed E-state index contributed by atoms with van der Waals surface area (Å²) >= 11 is 0. The number of nitrogens with zero attached hydrogens (tertiary/aromatic N) is 3. The quantitative estimate of drug-likeness (QED) is 0.810. The number of ether oxygens (including phenoxy) is 1. The van der Waals surface area contributed by atoms with Gasteiger partial charge in [-0.3, -0.25) is 9.55 Å². The normalized spacial score (nSPS) is 10.7. The van der Waals surface area contributed by atoms with E-state index in [0.29, 0.717) is 0 Å². The number of rotatable bonds is 6. The highest BCUT2D eigenvalue weighted by molar-refractivity contribution is 5.42. The molecule has 1 N–H and O–H groups in total. The molecule has 19 heavy (non-hydrogen) atoms. The number of pyridine rings is 1. The van der Waals surface area contributed by atoms with Gasteiger partial charge in [-0.2, -0.15) is 0 Å². The Bertz CT molecular complexity index is 536. The number of aryl methyl sites for hydroxylation is 2. The average molecular weight is 260 g/mol. The van der Waals surface area contributed by atoms with E-state index in [1.165, 1.54) is 0 Å². The first kappa shape index (κ1) is 13.5. The summed E-state index contributed by atoms with van der Waals surface area (Å²) < 4.78 is 7.07. The minimum atomic E-state index is 0.749. The lowest BCUT2D eigenvalue weighted by atomic mass is 10.3. The van der Waals surface area contributed by atoms with Gasteiger partial charge in [0.25, 0.3) is 0 Å². The zero-order valence-corrected chi connectivity index (χ0v) is 11.7. The SMILES string of the molecule is COCCCNc1nc(C)cn1-c1cncc(C)c1. The highest BCUT2D eigenvalue weighted by Gasteiger charge is 2.07. The zero-order chi connectivity index (χ0) is 13.7. The van der Waals surface area contributed by atoms with Crippen LogP contribution in [0.3, 0.4) is 0 Å². The summed E-state index contributed by atoms with van der Waals surface area (Å²) in [5, 5.41) is 3.33. The van der Waals surface area contributed by atoms with E-state index in [2.05, 4.69) is 21.4 Å². The van der Waals surface area contributed by atoms with Gasteiger partial charge in [0.1, 0.15) is 0 Å². The molecule has 2 rings (SSSR count). The summed E-state index contributed by atoms with van der Waals surface area (Å²) in [6, 6.07) is 2.09. The Balaban J connectivity index is 2.16. The summed E-state index contributed by atoms with van der Waals surface area (Å²) in [6.07, 6.45) is 6.65. The second kappa shape index (κ2) is 6.33. The lowest BCUT2D eigenvalue weighted by Crippen LogP contribution is -2.09. The maximum Gasteiger partial charge on any atom is 0.207 e. The molecule has 0 aliphatic carbocycles. The molecule has 0 bridgehead atoms. The van der Waals surface area contributed by atoms with Gasteiger partial charge in [0.05, 0.1) is 17.6 Å². The van der Waals surface area contributed by atoms with Crippen molar-refractivity contribution in [3.05, 3.63) is 35.9 Å². The molecule has 0 saturated heterocycles. The van der Waals surface area contributed by atoms with E-state index in [9.17, 15) is 0 Å². The molecule has 0 saturated carbocycles. The van der Waals surface area contributed by atoms with E-state index < -0.39 is 0 Å². The fourth-order valence-electron chi connectivity index (χ4n) is 1.91. The van der Waals surface area contributed by atoms with Crippen molar-refractivity contribution in [2.24, 2.45) is 0 Å². The summed E-state index contributed by atoms with van der Waals surface area (Å²) in [5.41, 5.74) is 3.14. The van der Waals surface area contributed by atoms with Crippen LogP contribution < -0.4 is 5.32 Å². The molecule has 0 aromatic carbocycles. The summed E-state index contributed by atoms with van der Waals surface area (Å²) in [6.45, 7) is 5.61. The van der Waals surface area contributed by atoms with E-state index in [1.54, 1.807) is 7.11 Å². The van der Waals surface area contributed by atoms with E-state index in [-0.39, 0.29) is 0 Å². The Morgan fingerprint density at radius 2 is 2.16 bits per heavy atom. The van der Waals surface area contributed by atoms with Gasteiger partial charge in [-0.15, -0.1) is 0 Å². The Morgan fingerprint density at radius 3 is 2.89 bits per heavy atom. The third kappa shape index (κ3) is 3.54. The van der Waals surface area contributed by atoms with Gasteiger partial charge in [-0.05, 0) is 31.9 Å². The number of methoxy groups -OCH3 is 1. The number of imidazole rings is 1. The van der Waals surface area contributed by atoms with Crippen molar-refractivity contribution in [2.75, 3.05) is 25.6 Å². The van der Waals surface area contributed by atoms with Crippen LogP contribution in [0.1, 0.15) is 17.7 Å². The van der Waals surface area contributed by atoms with E-state index in [4.69, 9.17) is 4.74 Å². The second-order valence-electron chi connectivity index (χ2n) is 4.57. The molecule has 0 radical (unpaired) electrons. The smallest absolute Gasteiger partial charge is 0.207 e. The Morgan fingerprint density at radius 1 is 1.32 bits per heavy atom. The molecule has 0 fully saturated rings. The lowest BCUT2D eigenvalue weighted by molar-refractivity contribution is 0.197. The van der Waals surface area contributed by atoms with Crippen LogP contribution in [0.2, 0.25) is 0 Å². The van der Waals surface area contributed by atoms with Gasteiger partial charge < -0.3 is 10.1 Å². The van der Waals surface area contributed by atoms with Gasteiger partial charge in [-0.25, -0.2) is 4.98 Å². The highest BCUT2D eigenvalue weighted by atomic mass is 16.5. The maximum absolute atomic E-state index is 5.04. The number of anilines is 1. The van der Waals surface area contributed by atoms with Crippen molar-refractivity contribution >= 4 is 5.95 Å². The van der Waals surface area contributed by atoms with Crippen molar-refractivity contribution < 1.29 is 4.74 Å². The summed E-state index contributed by atoms with van der Waals surface area (Å²) in [7, 11) is 1.71. The van der Waals surface area contributed by atoms with Gasteiger partial charge in [-0.1, -0.05) is 0 Å². The van der Waals surface area contributed by atoms with Crippen LogP contribution in [0.4, 0.5) is 5.95 Å². The van der Waals surface area contributed by atoms with E-state index >= 15 is 0 Å². The predicted octanol–water partition coefficient (Wildman–Crippen LogP) is 2.33. The second-order valence-corrected chi connectivity index (χ2v) is 4.57. The maximum atomic E-state index is 5.04. The fourth-order valence-corrected chi connectivity index (χ4v) is 1.91. The first-order valence-corrected chi connectivity index (χ1v) is 6.41. The van der Waals surface area contributed by atoms with Crippen LogP contribution in [0.15, 0.2) is 24.7 Å². The van der Waals surface area contributed by atoms with E-state index in [1.807, 2.05) is 37.0 Å². The van der Waals surface area contributed by atoms with Crippen molar-refractivity contribution in [1.29, 1.82) is 0 Å². The van der Waals surface area contributed by atoms with Crippen LogP contribution in [-0.2, 0) is 4.74 Å². The summed E-state index contributed by atoms with van der Waals surface area (Å²) in [4.78, 5) is 8.72. The minimum absolute atomic E-state index is 0.749. The molecule has 5 nitrogen and oxygen atoms in total. The largest absolute Gasteiger partial charge is 0.385 e. The molecule has 2 heterocycles. The Labute approximate surface area is 113 Å². The lowest BCUT2D eigenvalue weighted by Gasteiger charge is -2.09. The fraction of sp³-hybridized carbons (Fsp3) is 0.429. The molecule has 2 aromatic rings.